The largest absolute Gasteiger partial charge is 0.370 e. The van der Waals surface area contributed by atoms with Gasteiger partial charge in [-0.25, -0.2) is 0 Å². The summed E-state index contributed by atoms with van der Waals surface area (Å²) in [7, 11) is 0. The predicted molar refractivity (Wildman–Crippen MR) is 33.5 cm³/mol. The van der Waals surface area contributed by atoms with Gasteiger partial charge in [-0.05, 0) is 13.3 Å². The lowest BCUT2D eigenvalue weighted by molar-refractivity contribution is 0.374. The molecule has 0 N–H and O–H groups in total. The topological polar surface area (TPSA) is 12.5 Å². The quantitative estimate of drug-likeness (QED) is 0.508. The molecule has 2 atom stereocenters. The third-order valence-corrected chi connectivity index (χ3v) is 1.53. The van der Waals surface area contributed by atoms with E-state index in [9.17, 15) is 0 Å². The van der Waals surface area contributed by atoms with Crippen LogP contribution < -0.4 is 0 Å². The normalized spacial score (nSPS) is 35.2. The Kier molecular flexibility index (Phi) is 1.90. The maximum absolute atomic E-state index is 5.11. The Labute approximate surface area is 51.0 Å². The van der Waals surface area contributed by atoms with E-state index in [4.69, 9.17) is 4.74 Å². The monoisotopic (exact) mass is 113 g/mol. The molecule has 0 aliphatic carbocycles. The van der Waals surface area contributed by atoms with Gasteiger partial charge >= 0.3 is 0 Å². The van der Waals surface area contributed by atoms with Crippen LogP contribution >= 0.6 is 0 Å². The molecule has 1 heteroatoms. The van der Waals surface area contributed by atoms with Crippen LogP contribution in [0.2, 0.25) is 0 Å². The van der Waals surface area contributed by atoms with Crippen molar-refractivity contribution in [3.8, 4) is 0 Å². The molecule has 0 aromatic rings. The van der Waals surface area contributed by atoms with Gasteiger partial charge in [-0.1, -0.05) is 19.8 Å². The maximum Gasteiger partial charge on any atom is 0.0842 e. The van der Waals surface area contributed by atoms with Crippen LogP contribution in [0.4, 0.5) is 0 Å². The molecule has 0 spiro atoms. The molecular formula is C7H13O. The standard InChI is InChI=1S/C7H13O/c1-3-4-5-7-6(2)8-7/h6-7H,2-5H2,1H3. The second kappa shape index (κ2) is 2.49. The van der Waals surface area contributed by atoms with Crippen LogP contribution in [0.1, 0.15) is 26.2 Å². The molecule has 47 valence electrons. The summed E-state index contributed by atoms with van der Waals surface area (Å²) < 4.78 is 5.11. The summed E-state index contributed by atoms with van der Waals surface area (Å²) in [5, 5.41) is 0. The van der Waals surface area contributed by atoms with Gasteiger partial charge in [0.1, 0.15) is 0 Å². The van der Waals surface area contributed by atoms with E-state index in [1.54, 1.807) is 0 Å². The minimum absolute atomic E-state index is 0.321. The molecule has 0 aromatic heterocycles. The first-order valence-electron chi connectivity index (χ1n) is 3.33. The highest BCUT2D eigenvalue weighted by Gasteiger charge is 2.32. The first-order valence-corrected chi connectivity index (χ1v) is 3.33. The number of hydrogen-bond acceptors (Lipinski definition) is 1. The number of rotatable bonds is 3. The zero-order valence-corrected chi connectivity index (χ0v) is 5.39. The molecule has 1 aliphatic heterocycles. The van der Waals surface area contributed by atoms with Crippen molar-refractivity contribution in [2.24, 2.45) is 0 Å². The Morgan fingerprint density at radius 3 is 2.62 bits per heavy atom. The Morgan fingerprint density at radius 1 is 1.62 bits per heavy atom. The average Bonchev–Trinajstić information content (AvgIpc) is 2.42. The summed E-state index contributed by atoms with van der Waals surface area (Å²) >= 11 is 0. The zero-order chi connectivity index (χ0) is 5.98. The smallest absolute Gasteiger partial charge is 0.0842 e. The molecule has 1 saturated heterocycles. The van der Waals surface area contributed by atoms with Crippen LogP contribution in [-0.2, 0) is 4.74 Å². The lowest BCUT2D eigenvalue weighted by Gasteiger charge is -1.87. The third-order valence-electron chi connectivity index (χ3n) is 1.53. The second-order valence-electron chi connectivity index (χ2n) is 2.36. The van der Waals surface area contributed by atoms with Gasteiger partial charge in [-0.15, -0.1) is 0 Å². The third kappa shape index (κ3) is 1.48. The number of epoxide rings is 1. The molecule has 0 saturated carbocycles. The van der Waals surface area contributed by atoms with Crippen molar-refractivity contribution in [3.05, 3.63) is 6.92 Å². The van der Waals surface area contributed by atoms with Crippen molar-refractivity contribution in [1.82, 2.24) is 0 Å². The minimum atomic E-state index is 0.321. The average molecular weight is 113 g/mol. The van der Waals surface area contributed by atoms with Gasteiger partial charge in [0.15, 0.2) is 0 Å². The van der Waals surface area contributed by atoms with Gasteiger partial charge in [-0.3, -0.25) is 0 Å². The highest BCUT2D eigenvalue weighted by Crippen LogP contribution is 2.25. The van der Waals surface area contributed by atoms with Crippen molar-refractivity contribution >= 4 is 0 Å². The maximum atomic E-state index is 5.11. The van der Waals surface area contributed by atoms with Crippen LogP contribution in [0.3, 0.4) is 0 Å². The summed E-state index contributed by atoms with van der Waals surface area (Å²) in [5.41, 5.74) is 0. The van der Waals surface area contributed by atoms with E-state index in [0.717, 1.165) is 0 Å². The summed E-state index contributed by atoms with van der Waals surface area (Å²) in [4.78, 5) is 0. The van der Waals surface area contributed by atoms with Crippen LogP contribution in [0.15, 0.2) is 0 Å². The predicted octanol–water partition coefficient (Wildman–Crippen LogP) is 1.78. The molecule has 8 heavy (non-hydrogen) atoms. The van der Waals surface area contributed by atoms with E-state index in [-0.39, 0.29) is 0 Å². The first kappa shape index (κ1) is 6.09. The van der Waals surface area contributed by atoms with Crippen molar-refractivity contribution in [3.63, 3.8) is 0 Å². The molecule has 1 heterocycles. The van der Waals surface area contributed by atoms with Crippen LogP contribution in [-0.4, -0.2) is 12.2 Å². The fourth-order valence-electron chi connectivity index (χ4n) is 0.838. The Balaban J connectivity index is 1.89. The molecule has 0 amide bonds. The highest BCUT2D eigenvalue weighted by molar-refractivity contribution is 4.85. The summed E-state index contributed by atoms with van der Waals surface area (Å²) in [5.74, 6) is 0. The fraction of sp³-hybridized carbons (Fsp3) is 0.857. The molecule has 0 aromatic carbocycles. The molecular weight excluding hydrogens is 100 g/mol. The van der Waals surface area contributed by atoms with E-state index in [1.165, 1.54) is 19.3 Å². The van der Waals surface area contributed by atoms with E-state index in [2.05, 4.69) is 13.8 Å². The van der Waals surface area contributed by atoms with Crippen LogP contribution in [0.25, 0.3) is 0 Å². The lowest BCUT2D eigenvalue weighted by atomic mass is 10.2. The molecule has 1 rings (SSSR count). The van der Waals surface area contributed by atoms with Gasteiger partial charge < -0.3 is 4.74 Å². The van der Waals surface area contributed by atoms with Crippen LogP contribution in [0, 0.1) is 6.92 Å². The Hall–Kier alpha value is -0.0400. The minimum Gasteiger partial charge on any atom is -0.370 e. The van der Waals surface area contributed by atoms with Crippen molar-refractivity contribution in [1.29, 1.82) is 0 Å². The van der Waals surface area contributed by atoms with Gasteiger partial charge in [0.2, 0.25) is 0 Å². The van der Waals surface area contributed by atoms with E-state index < -0.39 is 0 Å². The molecule has 2 unspecified atom stereocenters. The van der Waals surface area contributed by atoms with Crippen molar-refractivity contribution in [2.75, 3.05) is 0 Å². The SMILES string of the molecule is [CH2]C1OC1CCCC. The first-order chi connectivity index (χ1) is 3.84. The van der Waals surface area contributed by atoms with Crippen LogP contribution in [0.5, 0.6) is 0 Å². The molecule has 1 nitrogen and oxygen atoms in total. The summed E-state index contributed by atoms with van der Waals surface area (Å²) in [6.07, 6.45) is 4.60. The van der Waals surface area contributed by atoms with Gasteiger partial charge in [0.05, 0.1) is 12.2 Å². The van der Waals surface area contributed by atoms with E-state index in [0.29, 0.717) is 12.2 Å². The Morgan fingerprint density at radius 2 is 2.25 bits per heavy atom. The van der Waals surface area contributed by atoms with E-state index in [1.807, 2.05) is 0 Å². The summed E-state index contributed by atoms with van der Waals surface area (Å²) in [6.45, 7) is 5.96. The summed E-state index contributed by atoms with van der Waals surface area (Å²) in [6, 6.07) is 0. The lowest BCUT2D eigenvalue weighted by Crippen LogP contribution is -1.87. The number of unbranched alkanes of at least 4 members (excludes halogenated alkanes) is 1. The molecule has 0 bridgehead atoms. The van der Waals surface area contributed by atoms with Crippen molar-refractivity contribution < 1.29 is 4.74 Å². The van der Waals surface area contributed by atoms with Crippen molar-refractivity contribution in [2.45, 2.75) is 38.4 Å². The Bertz CT molecular complexity index is 70.8. The highest BCUT2D eigenvalue weighted by atomic mass is 16.6. The fourth-order valence-corrected chi connectivity index (χ4v) is 0.838. The van der Waals surface area contributed by atoms with Gasteiger partial charge in [-0.2, -0.15) is 0 Å². The molecule has 1 fully saturated rings. The zero-order valence-electron chi connectivity index (χ0n) is 5.39. The second-order valence-corrected chi connectivity index (χ2v) is 2.36. The number of hydrogen-bond donors (Lipinski definition) is 0. The molecule has 1 radical (unpaired) electrons. The molecule has 1 aliphatic rings. The van der Waals surface area contributed by atoms with E-state index >= 15 is 0 Å². The number of ether oxygens (including phenoxy) is 1. The van der Waals surface area contributed by atoms with Gasteiger partial charge in [0, 0.05) is 0 Å². The van der Waals surface area contributed by atoms with Gasteiger partial charge in [0.25, 0.3) is 0 Å².